The molecule has 13 nitrogen and oxygen atoms in total. The van der Waals surface area contributed by atoms with Gasteiger partial charge in [-0.1, -0.05) is 146 Å². The van der Waals surface area contributed by atoms with E-state index in [2.05, 4.69) is 88.4 Å². The zero-order valence-electron chi connectivity index (χ0n) is 41.8. The summed E-state index contributed by atoms with van der Waals surface area (Å²) >= 11 is 0. The molecule has 0 spiro atoms. The lowest BCUT2D eigenvalue weighted by Crippen LogP contribution is -2.66. The van der Waals surface area contributed by atoms with Gasteiger partial charge in [0.05, 0.1) is 159 Å². The van der Waals surface area contributed by atoms with Gasteiger partial charge in [0, 0.05) is 6.61 Å². The standard InChI is InChI=1S/C52H92O13Si/c1-5-6-7-8-9-10-11-12-13-20-25-53-26-27-54-28-29-55-30-31-56-32-33-57-34-35-58-36-37-59-38-39-60-40-41-61-42-43-62-44-45-63-46-47-64-48-49-65-66(52(2,3)4,50-21-16-14-17-22-50)51-23-18-15-19-24-51/h14-19,21-24H,5-13,20,25-49H2,1-4H3. The van der Waals surface area contributed by atoms with Gasteiger partial charge in [0.15, 0.2) is 0 Å². The highest BCUT2D eigenvalue weighted by atomic mass is 28.4. The molecule has 0 heterocycles. The van der Waals surface area contributed by atoms with Crippen LogP contribution in [0.4, 0.5) is 0 Å². The van der Waals surface area contributed by atoms with Crippen LogP contribution in [0.5, 0.6) is 0 Å². The van der Waals surface area contributed by atoms with Crippen molar-refractivity contribution in [2.24, 2.45) is 0 Å². The molecular formula is C52H92O13Si. The van der Waals surface area contributed by atoms with Crippen LogP contribution in [-0.4, -0.2) is 173 Å². The molecule has 0 aliphatic heterocycles. The van der Waals surface area contributed by atoms with E-state index in [1.807, 2.05) is 0 Å². The zero-order chi connectivity index (χ0) is 47.2. The fourth-order valence-electron chi connectivity index (χ4n) is 7.23. The number of hydrogen-bond acceptors (Lipinski definition) is 13. The van der Waals surface area contributed by atoms with Gasteiger partial charge in [-0.2, -0.15) is 0 Å². The van der Waals surface area contributed by atoms with E-state index < -0.39 is 8.32 Å². The summed E-state index contributed by atoms with van der Waals surface area (Å²) in [5, 5.41) is 2.48. The van der Waals surface area contributed by atoms with Gasteiger partial charge in [0.25, 0.3) is 8.32 Å². The van der Waals surface area contributed by atoms with E-state index in [0.29, 0.717) is 159 Å². The molecule has 14 heteroatoms. The summed E-state index contributed by atoms with van der Waals surface area (Å²) in [6.45, 7) is 22.5. The molecule has 0 atom stereocenters. The Labute approximate surface area is 401 Å². The maximum Gasteiger partial charge on any atom is 0.261 e. The van der Waals surface area contributed by atoms with Gasteiger partial charge in [-0.25, -0.2) is 0 Å². The molecule has 0 aliphatic carbocycles. The monoisotopic (exact) mass is 953 g/mol. The molecule has 2 aromatic rings. The quantitative estimate of drug-likeness (QED) is 0.0477. The molecule has 0 aliphatic rings. The van der Waals surface area contributed by atoms with Gasteiger partial charge in [0.1, 0.15) is 0 Å². The molecule has 0 saturated heterocycles. The fraction of sp³-hybridized carbons (Fsp3) is 0.769. The highest BCUT2D eigenvalue weighted by Gasteiger charge is 2.50. The van der Waals surface area contributed by atoms with Crippen molar-refractivity contribution in [3.63, 3.8) is 0 Å². The summed E-state index contributed by atoms with van der Waals surface area (Å²) in [5.74, 6) is 0. The zero-order valence-corrected chi connectivity index (χ0v) is 42.8. The smallest absolute Gasteiger partial charge is 0.261 e. The van der Waals surface area contributed by atoms with Crippen LogP contribution in [0, 0.1) is 0 Å². The van der Waals surface area contributed by atoms with Crippen LogP contribution in [0.15, 0.2) is 60.7 Å². The van der Waals surface area contributed by atoms with E-state index in [0.717, 1.165) is 13.0 Å². The molecular weight excluding hydrogens is 861 g/mol. The van der Waals surface area contributed by atoms with E-state index >= 15 is 0 Å². The average molecular weight is 953 g/mol. The van der Waals surface area contributed by atoms with E-state index in [1.165, 1.54) is 68.2 Å². The molecule has 0 radical (unpaired) electrons. The second-order valence-electron chi connectivity index (χ2n) is 17.0. The summed E-state index contributed by atoms with van der Waals surface area (Å²) in [6, 6.07) is 21.3. The van der Waals surface area contributed by atoms with Gasteiger partial charge in [-0.15, -0.1) is 0 Å². The Morgan fingerprint density at radius 1 is 0.288 bits per heavy atom. The molecule has 66 heavy (non-hydrogen) atoms. The SMILES string of the molecule is CCCCCCCCCCCCOCCOCCOCCOCCOCCOCCOCCOCCOCCOCCOCCOCCO[Si](c1ccccc1)(c1ccccc1)C(C)(C)C. The maximum atomic E-state index is 6.86. The Morgan fingerprint density at radius 3 is 0.773 bits per heavy atom. The van der Waals surface area contributed by atoms with Crippen molar-refractivity contribution in [1.29, 1.82) is 0 Å². The molecule has 2 rings (SSSR count). The number of hydrogen-bond donors (Lipinski definition) is 0. The number of rotatable bonds is 50. The van der Waals surface area contributed by atoms with Crippen LogP contribution in [0.25, 0.3) is 0 Å². The van der Waals surface area contributed by atoms with Crippen molar-refractivity contribution in [3.05, 3.63) is 60.7 Å². The minimum atomic E-state index is -2.54. The van der Waals surface area contributed by atoms with E-state index in [-0.39, 0.29) is 5.04 Å². The van der Waals surface area contributed by atoms with Crippen LogP contribution >= 0.6 is 0 Å². The Bertz CT molecular complexity index is 1230. The van der Waals surface area contributed by atoms with Crippen molar-refractivity contribution < 1.29 is 61.3 Å². The van der Waals surface area contributed by atoms with Gasteiger partial charge in [0.2, 0.25) is 0 Å². The third kappa shape index (κ3) is 32.0. The highest BCUT2D eigenvalue weighted by Crippen LogP contribution is 2.36. The Balaban J connectivity index is 1.21. The molecule has 2 aromatic carbocycles. The Hall–Kier alpha value is -1.86. The van der Waals surface area contributed by atoms with Gasteiger partial charge in [-0.05, 0) is 21.8 Å². The molecule has 0 fully saturated rings. The van der Waals surface area contributed by atoms with E-state index in [4.69, 9.17) is 61.3 Å². The van der Waals surface area contributed by atoms with Crippen LogP contribution in [0.2, 0.25) is 5.04 Å². The number of ether oxygens (including phenoxy) is 12. The largest absolute Gasteiger partial charge is 0.405 e. The first-order valence-corrected chi connectivity index (χ1v) is 27.1. The van der Waals surface area contributed by atoms with Crippen molar-refractivity contribution in [3.8, 4) is 0 Å². The van der Waals surface area contributed by atoms with Gasteiger partial charge < -0.3 is 61.3 Å². The van der Waals surface area contributed by atoms with Crippen LogP contribution in [0.3, 0.4) is 0 Å². The lowest BCUT2D eigenvalue weighted by Gasteiger charge is -2.43. The Kier molecular flexibility index (Phi) is 40.5. The molecule has 0 aromatic heterocycles. The highest BCUT2D eigenvalue weighted by molar-refractivity contribution is 6.99. The maximum absolute atomic E-state index is 6.86. The van der Waals surface area contributed by atoms with E-state index in [1.54, 1.807) is 0 Å². The summed E-state index contributed by atoms with van der Waals surface area (Å²) in [6.07, 6.45) is 13.4. The predicted molar refractivity (Wildman–Crippen MR) is 265 cm³/mol. The van der Waals surface area contributed by atoms with E-state index in [9.17, 15) is 0 Å². The van der Waals surface area contributed by atoms with Crippen molar-refractivity contribution >= 4 is 18.7 Å². The third-order valence-corrected chi connectivity index (χ3v) is 15.7. The normalized spacial score (nSPS) is 12.1. The van der Waals surface area contributed by atoms with Gasteiger partial charge in [-0.3, -0.25) is 0 Å². The lowest BCUT2D eigenvalue weighted by molar-refractivity contribution is -0.0285. The summed E-state index contributed by atoms with van der Waals surface area (Å²) in [4.78, 5) is 0. The fourth-order valence-corrected chi connectivity index (χ4v) is 11.8. The third-order valence-electron chi connectivity index (χ3n) is 10.7. The minimum absolute atomic E-state index is 0.0585. The molecule has 0 saturated carbocycles. The van der Waals surface area contributed by atoms with Crippen LogP contribution in [-0.2, 0) is 61.3 Å². The number of unbranched alkanes of at least 4 members (excludes halogenated alkanes) is 9. The van der Waals surface area contributed by atoms with Gasteiger partial charge >= 0.3 is 0 Å². The lowest BCUT2D eigenvalue weighted by atomic mass is 10.1. The summed E-state index contributed by atoms with van der Waals surface area (Å²) in [7, 11) is -2.54. The Morgan fingerprint density at radius 2 is 0.515 bits per heavy atom. The molecule has 0 N–H and O–H groups in total. The van der Waals surface area contributed by atoms with Crippen molar-refractivity contribution in [2.75, 3.05) is 165 Å². The molecule has 0 unspecified atom stereocenters. The summed E-state index contributed by atoms with van der Waals surface area (Å²) in [5.41, 5.74) is 0. The first-order chi connectivity index (χ1) is 32.5. The van der Waals surface area contributed by atoms with Crippen molar-refractivity contribution in [2.45, 2.75) is 96.9 Å². The van der Waals surface area contributed by atoms with Crippen LogP contribution in [0.1, 0.15) is 91.9 Å². The summed E-state index contributed by atoms with van der Waals surface area (Å²) < 4.78 is 74.1. The molecule has 0 bridgehead atoms. The first kappa shape index (κ1) is 60.3. The molecule has 382 valence electrons. The topological polar surface area (TPSA) is 120 Å². The average Bonchev–Trinajstić information content (AvgIpc) is 3.32. The molecule has 0 amide bonds. The second-order valence-corrected chi connectivity index (χ2v) is 21.3. The first-order valence-electron chi connectivity index (χ1n) is 25.2. The second kappa shape index (κ2) is 44.4. The predicted octanol–water partition coefficient (Wildman–Crippen LogP) is 7.68. The number of benzene rings is 2. The minimum Gasteiger partial charge on any atom is -0.405 e. The van der Waals surface area contributed by atoms with Crippen LogP contribution < -0.4 is 10.4 Å². The van der Waals surface area contributed by atoms with Crippen molar-refractivity contribution in [1.82, 2.24) is 0 Å².